The van der Waals surface area contributed by atoms with Crippen molar-refractivity contribution in [3.8, 4) is 0 Å². The minimum atomic E-state index is 0.597. The maximum atomic E-state index is 4.10. The van der Waals surface area contributed by atoms with E-state index in [1.807, 2.05) is 18.8 Å². The lowest BCUT2D eigenvalue weighted by molar-refractivity contribution is 1.24. The molecule has 1 atom stereocenters. The molecule has 0 fully saturated rings. The van der Waals surface area contributed by atoms with Crippen molar-refractivity contribution in [1.82, 2.24) is 0 Å². The van der Waals surface area contributed by atoms with Crippen molar-refractivity contribution in [2.24, 2.45) is 4.99 Å². The first kappa shape index (κ1) is 9.02. The third kappa shape index (κ3) is 3.57. The normalized spacial score (nSPS) is 15.8. The van der Waals surface area contributed by atoms with E-state index in [4.69, 9.17) is 0 Å². The molecule has 0 radical (unpaired) electrons. The second-order valence-electron chi connectivity index (χ2n) is 1.96. The molecular formula is C7H15NS. The summed E-state index contributed by atoms with van der Waals surface area (Å²) in [5.41, 5.74) is 1.24. The summed E-state index contributed by atoms with van der Waals surface area (Å²) >= 11 is 1.93. The lowest BCUT2D eigenvalue weighted by Crippen LogP contribution is -2.08. The van der Waals surface area contributed by atoms with Crippen molar-refractivity contribution in [3.05, 3.63) is 0 Å². The van der Waals surface area contributed by atoms with Gasteiger partial charge < -0.3 is 0 Å². The summed E-state index contributed by atoms with van der Waals surface area (Å²) in [7, 11) is 1.85. The van der Waals surface area contributed by atoms with Crippen molar-refractivity contribution in [2.75, 3.05) is 12.8 Å². The number of rotatable bonds is 3. The van der Waals surface area contributed by atoms with E-state index in [0.717, 1.165) is 0 Å². The minimum absolute atomic E-state index is 0.597. The Morgan fingerprint density at radius 2 is 2.22 bits per heavy atom. The average Bonchev–Trinajstić information content (AvgIpc) is 1.87. The Labute approximate surface area is 61.9 Å². The summed E-state index contributed by atoms with van der Waals surface area (Å²) in [4.78, 5) is 4.10. The van der Waals surface area contributed by atoms with E-state index in [2.05, 4.69) is 25.8 Å². The van der Waals surface area contributed by atoms with Crippen LogP contribution in [0.3, 0.4) is 0 Å². The molecule has 0 aromatic heterocycles. The third-order valence-electron chi connectivity index (χ3n) is 1.36. The second-order valence-corrected chi connectivity index (χ2v) is 3.58. The second kappa shape index (κ2) is 4.86. The van der Waals surface area contributed by atoms with Crippen LogP contribution in [0.1, 0.15) is 20.8 Å². The molecule has 0 saturated heterocycles. The van der Waals surface area contributed by atoms with E-state index in [-0.39, 0.29) is 0 Å². The lowest BCUT2D eigenvalue weighted by Gasteiger charge is -2.07. The van der Waals surface area contributed by atoms with E-state index in [0.29, 0.717) is 5.25 Å². The van der Waals surface area contributed by atoms with Crippen LogP contribution in [0.5, 0.6) is 0 Å². The molecule has 0 rings (SSSR count). The molecule has 0 heterocycles. The predicted octanol–water partition coefficient (Wildman–Crippen LogP) is 2.22. The lowest BCUT2D eigenvalue weighted by atomic mass is 10.3. The van der Waals surface area contributed by atoms with Gasteiger partial charge in [-0.2, -0.15) is 11.8 Å². The largest absolute Gasteiger partial charge is 0.297 e. The van der Waals surface area contributed by atoms with Crippen LogP contribution in [0.15, 0.2) is 4.99 Å². The number of hydrogen-bond donors (Lipinski definition) is 0. The van der Waals surface area contributed by atoms with Crippen LogP contribution in [0.2, 0.25) is 0 Å². The molecule has 0 aliphatic rings. The van der Waals surface area contributed by atoms with Gasteiger partial charge in [-0.25, -0.2) is 0 Å². The van der Waals surface area contributed by atoms with Crippen LogP contribution in [0.25, 0.3) is 0 Å². The van der Waals surface area contributed by atoms with Crippen LogP contribution in [-0.4, -0.2) is 23.8 Å². The Balaban J connectivity index is 3.59. The molecule has 0 aromatic rings. The summed E-state index contributed by atoms with van der Waals surface area (Å²) in [5.74, 6) is 1.17. The van der Waals surface area contributed by atoms with Crippen LogP contribution < -0.4 is 0 Å². The van der Waals surface area contributed by atoms with Gasteiger partial charge in [0.05, 0.1) is 0 Å². The van der Waals surface area contributed by atoms with Gasteiger partial charge in [0.1, 0.15) is 0 Å². The van der Waals surface area contributed by atoms with Crippen molar-refractivity contribution >= 4 is 17.5 Å². The highest BCUT2D eigenvalue weighted by molar-refractivity contribution is 8.00. The van der Waals surface area contributed by atoms with Crippen LogP contribution in [0, 0.1) is 0 Å². The van der Waals surface area contributed by atoms with Crippen molar-refractivity contribution in [2.45, 2.75) is 26.0 Å². The Kier molecular flexibility index (Phi) is 4.87. The van der Waals surface area contributed by atoms with Gasteiger partial charge in [-0.05, 0) is 19.6 Å². The fourth-order valence-electron chi connectivity index (χ4n) is 0.552. The molecule has 1 unspecified atom stereocenters. The monoisotopic (exact) mass is 145 g/mol. The first-order chi connectivity index (χ1) is 4.22. The van der Waals surface area contributed by atoms with Crippen LogP contribution in [0.4, 0.5) is 0 Å². The van der Waals surface area contributed by atoms with Gasteiger partial charge in [0, 0.05) is 18.0 Å². The number of aliphatic imine (C=N–C) groups is 1. The molecule has 1 nitrogen and oxygen atoms in total. The van der Waals surface area contributed by atoms with Crippen LogP contribution in [-0.2, 0) is 0 Å². The van der Waals surface area contributed by atoms with E-state index in [9.17, 15) is 0 Å². The molecule has 0 aliphatic carbocycles. The molecule has 2 heteroatoms. The van der Waals surface area contributed by atoms with Crippen molar-refractivity contribution in [3.63, 3.8) is 0 Å². The van der Waals surface area contributed by atoms with Gasteiger partial charge in [-0.1, -0.05) is 6.92 Å². The van der Waals surface area contributed by atoms with Gasteiger partial charge in [0.15, 0.2) is 0 Å². The van der Waals surface area contributed by atoms with E-state index < -0.39 is 0 Å². The zero-order chi connectivity index (χ0) is 7.28. The predicted molar refractivity (Wildman–Crippen MR) is 46.6 cm³/mol. The molecule has 0 aromatic carbocycles. The van der Waals surface area contributed by atoms with E-state index >= 15 is 0 Å². The highest BCUT2D eigenvalue weighted by Gasteiger charge is 2.01. The van der Waals surface area contributed by atoms with Gasteiger partial charge in [0.2, 0.25) is 0 Å². The number of hydrogen-bond acceptors (Lipinski definition) is 2. The first-order valence-electron chi connectivity index (χ1n) is 3.27. The molecule has 0 spiro atoms. The van der Waals surface area contributed by atoms with Gasteiger partial charge >= 0.3 is 0 Å². The number of nitrogens with zero attached hydrogens (tertiary/aromatic N) is 1. The molecule has 0 N–H and O–H groups in total. The van der Waals surface area contributed by atoms with Gasteiger partial charge in [0.25, 0.3) is 0 Å². The summed E-state index contributed by atoms with van der Waals surface area (Å²) in [6.07, 6.45) is 0. The average molecular weight is 145 g/mol. The van der Waals surface area contributed by atoms with E-state index in [1.165, 1.54) is 11.5 Å². The van der Waals surface area contributed by atoms with Gasteiger partial charge in [-0.15, -0.1) is 0 Å². The Morgan fingerprint density at radius 1 is 1.67 bits per heavy atom. The minimum Gasteiger partial charge on any atom is -0.297 e. The highest BCUT2D eigenvalue weighted by Crippen LogP contribution is 2.10. The first-order valence-corrected chi connectivity index (χ1v) is 4.32. The Hall–Kier alpha value is 0.0200. The molecule has 54 valence electrons. The maximum absolute atomic E-state index is 4.10. The smallest absolute Gasteiger partial charge is 0.0395 e. The Morgan fingerprint density at radius 3 is 2.56 bits per heavy atom. The SMILES string of the molecule is CCSC(C)/C(C)=N\C. The Bertz CT molecular complexity index is 99.1. The highest BCUT2D eigenvalue weighted by atomic mass is 32.2. The van der Waals surface area contributed by atoms with Crippen molar-refractivity contribution < 1.29 is 0 Å². The topological polar surface area (TPSA) is 12.4 Å². The molecule has 0 aliphatic heterocycles. The third-order valence-corrected chi connectivity index (χ3v) is 2.53. The summed E-state index contributed by atoms with van der Waals surface area (Å²) in [6, 6.07) is 0. The molecule has 0 amide bonds. The summed E-state index contributed by atoms with van der Waals surface area (Å²) in [6.45, 7) is 6.44. The fraction of sp³-hybridized carbons (Fsp3) is 0.857. The maximum Gasteiger partial charge on any atom is 0.0395 e. The quantitative estimate of drug-likeness (QED) is 0.555. The number of thioether (sulfide) groups is 1. The van der Waals surface area contributed by atoms with Crippen LogP contribution >= 0.6 is 11.8 Å². The summed E-state index contributed by atoms with van der Waals surface area (Å²) < 4.78 is 0. The molecule has 9 heavy (non-hydrogen) atoms. The zero-order valence-corrected chi connectivity index (χ0v) is 7.46. The van der Waals surface area contributed by atoms with Gasteiger partial charge in [-0.3, -0.25) is 4.99 Å². The van der Waals surface area contributed by atoms with Crippen molar-refractivity contribution in [1.29, 1.82) is 0 Å². The standard InChI is InChI=1S/C7H15NS/c1-5-9-7(3)6(2)8-4/h7H,5H2,1-4H3/b8-6-. The van der Waals surface area contributed by atoms with E-state index in [1.54, 1.807) is 0 Å². The zero-order valence-electron chi connectivity index (χ0n) is 6.64. The molecule has 0 saturated carbocycles. The molecule has 0 bridgehead atoms. The summed E-state index contributed by atoms with van der Waals surface area (Å²) in [5, 5.41) is 0.597. The fourth-order valence-corrected chi connectivity index (χ4v) is 1.40. The molecular weight excluding hydrogens is 130 g/mol.